The van der Waals surface area contributed by atoms with Gasteiger partial charge in [-0.15, -0.1) is 0 Å². The number of nitrogens with one attached hydrogen (secondary N) is 2. The molecule has 0 saturated heterocycles. The lowest BCUT2D eigenvalue weighted by Crippen LogP contribution is -2.46. The molecule has 0 heterocycles. The van der Waals surface area contributed by atoms with Gasteiger partial charge >= 0.3 is 12.0 Å². The molecule has 0 aliphatic rings. The fourth-order valence-electron chi connectivity index (χ4n) is 1.60. The number of anilines is 1. The first-order chi connectivity index (χ1) is 9.60. The van der Waals surface area contributed by atoms with Crippen LogP contribution in [0.5, 0.6) is 0 Å². The molecule has 8 heteroatoms. The summed E-state index contributed by atoms with van der Waals surface area (Å²) in [6, 6.07) is -0.0440. The second-order valence-corrected chi connectivity index (χ2v) is 5.10. The van der Waals surface area contributed by atoms with E-state index in [9.17, 15) is 22.8 Å². The van der Waals surface area contributed by atoms with Crippen LogP contribution in [0, 0.1) is 17.5 Å². The van der Waals surface area contributed by atoms with E-state index in [1.54, 1.807) is 13.8 Å². The molecule has 0 saturated carbocycles. The molecule has 0 aliphatic heterocycles. The second kappa shape index (κ2) is 6.47. The summed E-state index contributed by atoms with van der Waals surface area (Å²) in [6.07, 6.45) is -0.0450. The van der Waals surface area contributed by atoms with Crippen molar-refractivity contribution in [2.24, 2.45) is 0 Å². The average Bonchev–Trinajstić information content (AvgIpc) is 2.31. The highest BCUT2D eigenvalue weighted by molar-refractivity contribution is 5.90. The van der Waals surface area contributed by atoms with Crippen LogP contribution in [0.1, 0.15) is 26.7 Å². The Morgan fingerprint density at radius 1 is 1.19 bits per heavy atom. The van der Waals surface area contributed by atoms with Gasteiger partial charge < -0.3 is 15.7 Å². The molecule has 0 spiro atoms. The van der Waals surface area contributed by atoms with Crippen molar-refractivity contribution in [2.75, 3.05) is 5.32 Å². The summed E-state index contributed by atoms with van der Waals surface area (Å²) in [6.45, 7) is 3.12. The molecule has 5 nitrogen and oxygen atoms in total. The van der Waals surface area contributed by atoms with Gasteiger partial charge in [0.2, 0.25) is 0 Å². The zero-order valence-electron chi connectivity index (χ0n) is 11.5. The Labute approximate surface area is 119 Å². The lowest BCUT2D eigenvalue weighted by molar-refractivity contribution is -0.137. The van der Waals surface area contributed by atoms with Crippen LogP contribution in [0.3, 0.4) is 0 Å². The van der Waals surface area contributed by atoms with Crippen molar-refractivity contribution in [3.63, 3.8) is 0 Å². The third kappa shape index (κ3) is 5.33. The number of urea groups is 1. The summed E-state index contributed by atoms with van der Waals surface area (Å²) in [5.41, 5.74) is -1.67. The second-order valence-electron chi connectivity index (χ2n) is 5.10. The molecule has 0 aromatic heterocycles. The maximum atomic E-state index is 13.4. The van der Waals surface area contributed by atoms with E-state index in [0.29, 0.717) is 12.1 Å². The molecular weight excluding hydrogens is 289 g/mol. The van der Waals surface area contributed by atoms with Gasteiger partial charge in [-0.2, -0.15) is 0 Å². The minimum atomic E-state index is -1.24. The van der Waals surface area contributed by atoms with E-state index in [-0.39, 0.29) is 12.8 Å². The number of benzene rings is 1. The van der Waals surface area contributed by atoms with Crippen molar-refractivity contribution < 1.29 is 27.9 Å². The van der Waals surface area contributed by atoms with Crippen molar-refractivity contribution in [3.05, 3.63) is 29.6 Å². The van der Waals surface area contributed by atoms with Crippen molar-refractivity contribution >= 4 is 17.7 Å². The molecule has 0 radical (unpaired) electrons. The van der Waals surface area contributed by atoms with Crippen molar-refractivity contribution in [3.8, 4) is 0 Å². The zero-order chi connectivity index (χ0) is 16.2. The Morgan fingerprint density at radius 2 is 1.71 bits per heavy atom. The number of carboxylic acids is 1. The first-order valence-electron chi connectivity index (χ1n) is 6.06. The van der Waals surface area contributed by atoms with E-state index in [0.717, 1.165) is 0 Å². The maximum absolute atomic E-state index is 13.4. The van der Waals surface area contributed by atoms with Crippen molar-refractivity contribution in [2.45, 2.75) is 32.2 Å². The van der Waals surface area contributed by atoms with Crippen molar-refractivity contribution in [1.82, 2.24) is 5.32 Å². The normalized spacial score (nSPS) is 11.1. The third-order valence-electron chi connectivity index (χ3n) is 2.66. The van der Waals surface area contributed by atoms with Crippen LogP contribution in [0.15, 0.2) is 12.1 Å². The largest absolute Gasteiger partial charge is 0.481 e. The van der Waals surface area contributed by atoms with Gasteiger partial charge in [0.15, 0.2) is 11.6 Å². The highest BCUT2D eigenvalue weighted by Gasteiger charge is 2.23. The molecule has 1 aromatic rings. The summed E-state index contributed by atoms with van der Waals surface area (Å²) in [4.78, 5) is 22.1. The Bertz CT molecular complexity index is 539. The van der Waals surface area contributed by atoms with E-state index in [1.807, 2.05) is 5.32 Å². The molecule has 0 atom stereocenters. The standard InChI is InChI=1S/C13H15F3N2O3/c1-13(2,4-3-10(19)20)18-12(21)17-11-8(15)5-7(14)6-9(11)16/h5-6H,3-4H2,1-2H3,(H,19,20)(H2,17,18,21). The molecule has 0 aliphatic carbocycles. The molecule has 1 aromatic carbocycles. The topological polar surface area (TPSA) is 78.4 Å². The molecule has 0 fully saturated rings. The first kappa shape index (κ1) is 16.8. The SMILES string of the molecule is CC(C)(CCC(=O)O)NC(=O)Nc1c(F)cc(F)cc1F. The summed E-state index contributed by atoms with van der Waals surface area (Å²) in [7, 11) is 0. The van der Waals surface area contributed by atoms with Crippen LogP contribution in [0.25, 0.3) is 0 Å². The Kier molecular flexibility index (Phi) is 5.17. The van der Waals surface area contributed by atoms with E-state index in [1.165, 1.54) is 0 Å². The number of carboxylic acid groups (broad SMARTS) is 1. The Balaban J connectivity index is 2.72. The van der Waals surface area contributed by atoms with Gasteiger partial charge in [-0.1, -0.05) is 0 Å². The van der Waals surface area contributed by atoms with Gasteiger partial charge in [-0.05, 0) is 20.3 Å². The number of rotatable bonds is 5. The Morgan fingerprint density at radius 3 is 2.19 bits per heavy atom. The van der Waals surface area contributed by atoms with Gasteiger partial charge in [-0.25, -0.2) is 18.0 Å². The average molecular weight is 304 g/mol. The van der Waals surface area contributed by atoms with Crippen LogP contribution >= 0.6 is 0 Å². The molecule has 1 rings (SSSR count). The fraction of sp³-hybridized carbons (Fsp3) is 0.385. The predicted molar refractivity (Wildman–Crippen MR) is 69.4 cm³/mol. The molecule has 0 unspecified atom stereocenters. The summed E-state index contributed by atoms with van der Waals surface area (Å²) in [5, 5.41) is 12.9. The smallest absolute Gasteiger partial charge is 0.319 e. The summed E-state index contributed by atoms with van der Waals surface area (Å²) >= 11 is 0. The van der Waals surface area contributed by atoms with E-state index in [2.05, 4.69) is 5.32 Å². The Hall–Kier alpha value is -2.25. The van der Waals surface area contributed by atoms with Gasteiger partial charge in [0.05, 0.1) is 0 Å². The monoisotopic (exact) mass is 304 g/mol. The van der Waals surface area contributed by atoms with E-state index < -0.39 is 40.7 Å². The quantitative estimate of drug-likeness (QED) is 0.782. The maximum Gasteiger partial charge on any atom is 0.319 e. The summed E-state index contributed by atoms with van der Waals surface area (Å²) in [5.74, 6) is -4.62. The van der Waals surface area contributed by atoms with E-state index >= 15 is 0 Å². The van der Waals surface area contributed by atoms with Crippen LogP contribution in [-0.2, 0) is 4.79 Å². The number of hydrogen-bond donors (Lipinski definition) is 3. The van der Waals surface area contributed by atoms with Crippen LogP contribution in [-0.4, -0.2) is 22.6 Å². The van der Waals surface area contributed by atoms with Gasteiger partial charge in [0, 0.05) is 24.1 Å². The molecule has 3 N–H and O–H groups in total. The van der Waals surface area contributed by atoms with Gasteiger partial charge in [0.25, 0.3) is 0 Å². The molecule has 21 heavy (non-hydrogen) atoms. The first-order valence-corrected chi connectivity index (χ1v) is 6.06. The fourth-order valence-corrected chi connectivity index (χ4v) is 1.60. The molecule has 116 valence electrons. The number of halogens is 3. The number of aliphatic carboxylic acids is 1. The minimum absolute atomic E-state index is 0.129. The van der Waals surface area contributed by atoms with Crippen LogP contribution < -0.4 is 10.6 Å². The zero-order valence-corrected chi connectivity index (χ0v) is 11.5. The number of carbonyl (C=O) groups excluding carboxylic acids is 1. The molecule has 2 amide bonds. The highest BCUT2D eigenvalue weighted by atomic mass is 19.1. The lowest BCUT2D eigenvalue weighted by atomic mass is 9.99. The number of carbonyl (C=O) groups is 2. The number of hydrogen-bond acceptors (Lipinski definition) is 2. The van der Waals surface area contributed by atoms with Gasteiger partial charge in [0.1, 0.15) is 11.5 Å². The highest BCUT2D eigenvalue weighted by Crippen LogP contribution is 2.20. The predicted octanol–water partition coefficient (Wildman–Crippen LogP) is 2.87. The minimum Gasteiger partial charge on any atom is -0.481 e. The van der Waals surface area contributed by atoms with Crippen LogP contribution in [0.4, 0.5) is 23.7 Å². The summed E-state index contributed by atoms with van der Waals surface area (Å²) < 4.78 is 39.4. The lowest BCUT2D eigenvalue weighted by Gasteiger charge is -2.25. The van der Waals surface area contributed by atoms with E-state index in [4.69, 9.17) is 5.11 Å². The molecule has 0 bridgehead atoms. The third-order valence-corrected chi connectivity index (χ3v) is 2.66. The number of amides is 2. The molecular formula is C13H15F3N2O3. The van der Waals surface area contributed by atoms with Crippen LogP contribution in [0.2, 0.25) is 0 Å². The van der Waals surface area contributed by atoms with Crippen molar-refractivity contribution in [1.29, 1.82) is 0 Å². The van der Waals surface area contributed by atoms with Gasteiger partial charge in [-0.3, -0.25) is 4.79 Å².